The number of nitrogens with zero attached hydrogens (tertiary/aromatic N) is 1. The smallest absolute Gasteiger partial charge is 0.407 e. The molecule has 1 N–H and O–H groups in total. The second kappa shape index (κ2) is 3.68. The zero-order chi connectivity index (χ0) is 10.9. The van der Waals surface area contributed by atoms with Crippen LogP contribution in [-0.4, -0.2) is 35.0 Å². The van der Waals surface area contributed by atoms with Crippen molar-refractivity contribution in [2.45, 2.75) is 25.7 Å². The third-order valence-electron chi connectivity index (χ3n) is 3.42. The second-order valence-electron chi connectivity index (χ2n) is 4.33. The number of hydrogen-bond donors (Lipinski definition) is 1. The SMILES string of the molecule is O=C(O)N1CCC2(C=CCCC2)C(=O)C1. The van der Waals surface area contributed by atoms with E-state index in [-0.39, 0.29) is 17.7 Å². The average Bonchev–Trinajstić information content (AvgIpc) is 2.23. The Morgan fingerprint density at radius 3 is 2.80 bits per heavy atom. The molecule has 2 aliphatic rings. The van der Waals surface area contributed by atoms with Gasteiger partial charge in [-0.15, -0.1) is 0 Å². The maximum atomic E-state index is 11.9. The highest BCUT2D eigenvalue weighted by atomic mass is 16.4. The highest BCUT2D eigenvalue weighted by Crippen LogP contribution is 2.38. The number of allylic oxidation sites excluding steroid dienone is 2. The number of amides is 1. The van der Waals surface area contributed by atoms with E-state index in [1.807, 2.05) is 6.08 Å². The van der Waals surface area contributed by atoms with Crippen LogP contribution in [0, 0.1) is 5.41 Å². The lowest BCUT2D eigenvalue weighted by Crippen LogP contribution is -2.49. The van der Waals surface area contributed by atoms with E-state index < -0.39 is 6.09 Å². The van der Waals surface area contributed by atoms with Gasteiger partial charge in [0.15, 0.2) is 5.78 Å². The molecule has 1 saturated heterocycles. The van der Waals surface area contributed by atoms with Crippen LogP contribution in [-0.2, 0) is 4.79 Å². The van der Waals surface area contributed by atoms with E-state index in [4.69, 9.17) is 5.11 Å². The van der Waals surface area contributed by atoms with Gasteiger partial charge in [0.1, 0.15) is 0 Å². The van der Waals surface area contributed by atoms with Gasteiger partial charge >= 0.3 is 6.09 Å². The van der Waals surface area contributed by atoms with Crippen molar-refractivity contribution >= 4 is 11.9 Å². The Hall–Kier alpha value is -1.32. The van der Waals surface area contributed by atoms with E-state index in [9.17, 15) is 9.59 Å². The van der Waals surface area contributed by atoms with Crippen LogP contribution < -0.4 is 0 Å². The first kappa shape index (κ1) is 10.2. The van der Waals surface area contributed by atoms with Crippen LogP contribution in [0.3, 0.4) is 0 Å². The minimum atomic E-state index is -0.988. The lowest BCUT2D eigenvalue weighted by molar-refractivity contribution is -0.131. The molecule has 1 unspecified atom stereocenters. The standard InChI is InChI=1S/C11H15NO3/c13-9-8-12(10(14)15)7-6-11(9)4-2-1-3-5-11/h2,4H,1,3,5-8H2,(H,14,15). The number of hydrogen-bond acceptors (Lipinski definition) is 2. The summed E-state index contributed by atoms with van der Waals surface area (Å²) in [6.07, 6.45) is 6.67. The highest BCUT2D eigenvalue weighted by molar-refractivity contribution is 5.91. The fourth-order valence-electron chi connectivity index (χ4n) is 2.42. The number of ketones is 1. The Labute approximate surface area is 88.6 Å². The van der Waals surface area contributed by atoms with Crippen molar-refractivity contribution in [3.8, 4) is 0 Å². The largest absolute Gasteiger partial charge is 0.465 e. The van der Waals surface area contributed by atoms with E-state index >= 15 is 0 Å². The summed E-state index contributed by atoms with van der Waals surface area (Å²) in [7, 11) is 0. The summed E-state index contributed by atoms with van der Waals surface area (Å²) in [4.78, 5) is 23.9. The molecule has 0 saturated carbocycles. The van der Waals surface area contributed by atoms with Crippen LogP contribution in [0.4, 0.5) is 4.79 Å². The molecule has 0 aromatic heterocycles. The maximum absolute atomic E-state index is 11.9. The summed E-state index contributed by atoms with van der Waals surface area (Å²) in [5.74, 6) is 0.0621. The lowest BCUT2D eigenvalue weighted by atomic mass is 9.71. The van der Waals surface area contributed by atoms with Gasteiger partial charge in [-0.1, -0.05) is 12.2 Å². The fraction of sp³-hybridized carbons (Fsp3) is 0.636. The van der Waals surface area contributed by atoms with Crippen LogP contribution in [0.1, 0.15) is 25.7 Å². The first-order valence-corrected chi connectivity index (χ1v) is 5.33. The molecular weight excluding hydrogens is 194 g/mol. The van der Waals surface area contributed by atoms with Gasteiger partial charge in [0.2, 0.25) is 0 Å². The molecule has 1 aliphatic heterocycles. The van der Waals surface area contributed by atoms with Gasteiger partial charge in [-0.2, -0.15) is 0 Å². The number of carbonyl (C=O) groups is 2. The van der Waals surface area contributed by atoms with E-state index in [1.165, 1.54) is 4.90 Å². The van der Waals surface area contributed by atoms with E-state index in [2.05, 4.69) is 6.08 Å². The molecule has 2 rings (SSSR count). The van der Waals surface area contributed by atoms with E-state index in [0.717, 1.165) is 19.3 Å². The quantitative estimate of drug-likeness (QED) is 0.617. The third-order valence-corrected chi connectivity index (χ3v) is 3.42. The van der Waals surface area contributed by atoms with Gasteiger partial charge in [-0.3, -0.25) is 4.79 Å². The molecule has 1 atom stereocenters. The monoisotopic (exact) mass is 209 g/mol. The van der Waals surface area contributed by atoms with Crippen LogP contribution in [0.25, 0.3) is 0 Å². The van der Waals surface area contributed by atoms with Gasteiger partial charge in [0.05, 0.1) is 12.0 Å². The van der Waals surface area contributed by atoms with Crippen molar-refractivity contribution in [3.63, 3.8) is 0 Å². The summed E-state index contributed by atoms with van der Waals surface area (Å²) in [5.41, 5.74) is -0.343. The van der Waals surface area contributed by atoms with Crippen molar-refractivity contribution in [3.05, 3.63) is 12.2 Å². The minimum absolute atomic E-state index is 0.0552. The number of Topliss-reactive ketones (excluding diaryl/α,β-unsaturated/α-hetero) is 1. The Kier molecular flexibility index (Phi) is 2.50. The summed E-state index contributed by atoms with van der Waals surface area (Å²) >= 11 is 0. The molecule has 15 heavy (non-hydrogen) atoms. The molecule has 0 aromatic carbocycles. The molecule has 1 fully saturated rings. The van der Waals surface area contributed by atoms with Gasteiger partial charge < -0.3 is 10.0 Å². The highest BCUT2D eigenvalue weighted by Gasteiger charge is 2.41. The maximum Gasteiger partial charge on any atom is 0.407 e. The predicted molar refractivity (Wildman–Crippen MR) is 54.6 cm³/mol. The molecule has 1 aliphatic carbocycles. The fourth-order valence-corrected chi connectivity index (χ4v) is 2.42. The molecule has 0 aromatic rings. The molecule has 1 heterocycles. The Morgan fingerprint density at radius 1 is 1.47 bits per heavy atom. The lowest BCUT2D eigenvalue weighted by Gasteiger charge is -2.38. The van der Waals surface area contributed by atoms with Crippen LogP contribution in [0.15, 0.2) is 12.2 Å². The second-order valence-corrected chi connectivity index (χ2v) is 4.33. The van der Waals surface area contributed by atoms with Crippen molar-refractivity contribution in [1.82, 2.24) is 4.90 Å². The number of likely N-dealkylation sites (tertiary alicyclic amines) is 1. The normalized spacial score (nSPS) is 30.9. The zero-order valence-electron chi connectivity index (χ0n) is 8.61. The Balaban J connectivity index is 2.12. The molecular formula is C11H15NO3. The summed E-state index contributed by atoms with van der Waals surface area (Å²) in [6.45, 7) is 0.533. The number of carbonyl (C=O) groups excluding carboxylic acids is 1. The van der Waals surface area contributed by atoms with Crippen molar-refractivity contribution in [2.75, 3.05) is 13.1 Å². The number of rotatable bonds is 0. The van der Waals surface area contributed by atoms with E-state index in [0.29, 0.717) is 13.0 Å². The van der Waals surface area contributed by atoms with Gasteiger partial charge in [-0.25, -0.2) is 4.79 Å². The number of piperidine rings is 1. The molecule has 0 bridgehead atoms. The molecule has 0 radical (unpaired) electrons. The summed E-state index contributed by atoms with van der Waals surface area (Å²) in [6, 6.07) is 0. The van der Waals surface area contributed by atoms with Crippen molar-refractivity contribution in [1.29, 1.82) is 0 Å². The molecule has 1 spiro atoms. The first-order chi connectivity index (χ1) is 7.14. The minimum Gasteiger partial charge on any atom is -0.465 e. The Bertz CT molecular complexity index is 324. The number of carboxylic acid groups (broad SMARTS) is 1. The van der Waals surface area contributed by atoms with Crippen molar-refractivity contribution in [2.24, 2.45) is 5.41 Å². The van der Waals surface area contributed by atoms with Gasteiger partial charge in [0, 0.05) is 6.54 Å². The van der Waals surface area contributed by atoms with Gasteiger partial charge in [0.25, 0.3) is 0 Å². The predicted octanol–water partition coefficient (Wildman–Crippen LogP) is 1.67. The topological polar surface area (TPSA) is 57.6 Å². The Morgan fingerprint density at radius 2 is 2.27 bits per heavy atom. The molecule has 1 amide bonds. The molecule has 82 valence electrons. The third kappa shape index (κ3) is 1.76. The van der Waals surface area contributed by atoms with Crippen LogP contribution >= 0.6 is 0 Å². The first-order valence-electron chi connectivity index (χ1n) is 5.33. The van der Waals surface area contributed by atoms with Crippen LogP contribution in [0.5, 0.6) is 0 Å². The molecule has 4 heteroatoms. The molecule has 4 nitrogen and oxygen atoms in total. The van der Waals surface area contributed by atoms with Gasteiger partial charge in [-0.05, 0) is 25.7 Å². The van der Waals surface area contributed by atoms with Crippen molar-refractivity contribution < 1.29 is 14.7 Å². The average molecular weight is 209 g/mol. The van der Waals surface area contributed by atoms with Crippen LogP contribution in [0.2, 0.25) is 0 Å². The zero-order valence-corrected chi connectivity index (χ0v) is 8.61. The van der Waals surface area contributed by atoms with E-state index in [1.54, 1.807) is 0 Å². The summed E-state index contributed by atoms with van der Waals surface area (Å²) in [5, 5.41) is 8.80. The summed E-state index contributed by atoms with van der Waals surface area (Å²) < 4.78 is 0.